The molecule has 130 valence electrons. The third kappa shape index (κ3) is 2.83. The van der Waals surface area contributed by atoms with Gasteiger partial charge < -0.3 is 14.6 Å². The highest BCUT2D eigenvalue weighted by Gasteiger charge is 2.28. The van der Waals surface area contributed by atoms with Gasteiger partial charge in [0.15, 0.2) is 0 Å². The molecule has 1 aromatic carbocycles. The lowest BCUT2D eigenvalue weighted by Crippen LogP contribution is -2.27. The van der Waals surface area contributed by atoms with Crippen LogP contribution in [0.15, 0.2) is 18.2 Å². The summed E-state index contributed by atoms with van der Waals surface area (Å²) in [5.74, 6) is 1.74. The first-order valence-electron chi connectivity index (χ1n) is 9.65. The topological polar surface area (TPSA) is 28.3 Å². The molecule has 4 rings (SSSR count). The zero-order chi connectivity index (χ0) is 16.5. The van der Waals surface area contributed by atoms with Crippen LogP contribution in [0.4, 0.5) is 0 Å². The molecule has 3 heteroatoms. The minimum absolute atomic E-state index is 0.677. The first-order valence-corrected chi connectivity index (χ1v) is 9.65. The maximum Gasteiger partial charge on any atom is 0.128 e. The maximum atomic E-state index is 5.73. The normalized spacial score (nSPS) is 23.2. The number of hydrogen-bond donors (Lipinski definition) is 1. The highest BCUT2D eigenvalue weighted by molar-refractivity contribution is 5.91. The predicted octanol–water partition coefficient (Wildman–Crippen LogP) is 4.86. The molecule has 1 aromatic heterocycles. The van der Waals surface area contributed by atoms with E-state index in [2.05, 4.69) is 35.1 Å². The molecule has 2 heterocycles. The van der Waals surface area contributed by atoms with Gasteiger partial charge in [0, 0.05) is 22.6 Å². The van der Waals surface area contributed by atoms with Crippen LogP contribution in [-0.2, 0) is 6.42 Å². The molecular weight excluding hydrogens is 296 g/mol. The van der Waals surface area contributed by atoms with Crippen LogP contribution in [0, 0.1) is 0 Å². The lowest BCUT2D eigenvalue weighted by molar-refractivity contribution is 0.308. The second-order valence-corrected chi connectivity index (χ2v) is 7.72. The number of benzene rings is 1. The first-order chi connectivity index (χ1) is 11.8. The Labute approximate surface area is 145 Å². The van der Waals surface area contributed by atoms with Crippen LogP contribution in [-0.4, -0.2) is 36.6 Å². The summed E-state index contributed by atoms with van der Waals surface area (Å²) in [6.45, 7) is 1.24. The fourth-order valence-electron chi connectivity index (χ4n) is 4.90. The lowest BCUT2D eigenvalue weighted by atomic mass is 9.84. The van der Waals surface area contributed by atoms with Crippen LogP contribution >= 0.6 is 0 Å². The van der Waals surface area contributed by atoms with Crippen molar-refractivity contribution in [1.82, 2.24) is 9.88 Å². The van der Waals surface area contributed by atoms with E-state index in [1.807, 2.05) is 0 Å². The summed E-state index contributed by atoms with van der Waals surface area (Å²) in [6.07, 6.45) is 10.6. The third-order valence-corrected chi connectivity index (χ3v) is 6.27. The fourth-order valence-corrected chi connectivity index (χ4v) is 4.90. The Hall–Kier alpha value is -1.48. The average Bonchev–Trinajstić information content (AvgIpc) is 3.20. The lowest BCUT2D eigenvalue weighted by Gasteiger charge is -2.25. The first kappa shape index (κ1) is 16.0. The fraction of sp³-hybridized carbons (Fsp3) is 0.619. The molecule has 1 aliphatic carbocycles. The zero-order valence-corrected chi connectivity index (χ0v) is 15.1. The van der Waals surface area contributed by atoms with Gasteiger partial charge in [-0.3, -0.25) is 0 Å². The van der Waals surface area contributed by atoms with Crippen LogP contribution in [0.25, 0.3) is 10.9 Å². The number of nitrogens with zero attached hydrogens (tertiary/aromatic N) is 1. The minimum Gasteiger partial charge on any atom is -0.496 e. The number of nitrogens with one attached hydrogen (secondary N) is 1. The standard InChI is InChI=1S/C21H30N2O/c1-23-13-7-10-16(23)14-17-20-18(11-6-12-19(20)24-2)22-21(17)15-8-4-3-5-9-15/h6,11-12,15-16,22H,3-5,7-10,13-14H2,1-2H3/t16-/m1/s1. The molecule has 3 nitrogen and oxygen atoms in total. The number of methoxy groups -OCH3 is 1. The van der Waals surface area contributed by atoms with E-state index in [0.29, 0.717) is 12.0 Å². The summed E-state index contributed by atoms with van der Waals surface area (Å²) in [6, 6.07) is 7.11. The van der Waals surface area contributed by atoms with Gasteiger partial charge in [-0.1, -0.05) is 25.3 Å². The number of aromatic amines is 1. The minimum atomic E-state index is 0.677. The Morgan fingerprint density at radius 1 is 1.12 bits per heavy atom. The van der Waals surface area contributed by atoms with Crippen molar-refractivity contribution >= 4 is 10.9 Å². The molecule has 24 heavy (non-hydrogen) atoms. The molecule has 2 fully saturated rings. The molecule has 0 bridgehead atoms. The van der Waals surface area contributed by atoms with Gasteiger partial charge in [-0.15, -0.1) is 0 Å². The zero-order valence-electron chi connectivity index (χ0n) is 15.1. The summed E-state index contributed by atoms with van der Waals surface area (Å²) in [5, 5.41) is 1.33. The van der Waals surface area contributed by atoms with Gasteiger partial charge in [-0.05, 0) is 69.3 Å². The maximum absolute atomic E-state index is 5.73. The number of rotatable bonds is 4. The summed E-state index contributed by atoms with van der Waals surface area (Å²) in [4.78, 5) is 6.34. The van der Waals surface area contributed by atoms with Gasteiger partial charge in [-0.25, -0.2) is 0 Å². The number of likely N-dealkylation sites (N-methyl/N-ethyl adjacent to an activating group) is 1. The van der Waals surface area contributed by atoms with Gasteiger partial charge in [0.2, 0.25) is 0 Å². The second-order valence-electron chi connectivity index (χ2n) is 7.72. The Bertz CT molecular complexity index is 699. The molecule has 1 N–H and O–H groups in total. The van der Waals surface area contributed by atoms with E-state index in [1.54, 1.807) is 7.11 Å². The molecule has 0 radical (unpaired) electrons. The van der Waals surface area contributed by atoms with Crippen LogP contribution in [0.2, 0.25) is 0 Å². The van der Waals surface area contributed by atoms with E-state index in [4.69, 9.17) is 4.74 Å². The molecule has 1 saturated heterocycles. The second kappa shape index (κ2) is 6.79. The summed E-state index contributed by atoms with van der Waals surface area (Å²) < 4.78 is 5.73. The number of likely N-dealkylation sites (tertiary alicyclic amines) is 1. The van der Waals surface area contributed by atoms with Crippen molar-refractivity contribution in [2.45, 2.75) is 63.3 Å². The SMILES string of the molecule is COc1cccc2[nH]c(C3CCCCC3)c(C[C@H]3CCCN3C)c12. The number of H-pyrrole nitrogens is 1. The van der Waals surface area contributed by atoms with Crippen LogP contribution < -0.4 is 4.74 Å². The van der Waals surface area contributed by atoms with Crippen LogP contribution in [0.5, 0.6) is 5.75 Å². The molecule has 1 saturated carbocycles. The predicted molar refractivity (Wildman–Crippen MR) is 100 cm³/mol. The Morgan fingerprint density at radius 2 is 1.96 bits per heavy atom. The third-order valence-electron chi connectivity index (χ3n) is 6.27. The van der Waals surface area contributed by atoms with E-state index in [0.717, 1.165) is 12.2 Å². The molecule has 1 aliphatic heterocycles. The summed E-state index contributed by atoms with van der Waals surface area (Å²) in [5.41, 5.74) is 4.30. The van der Waals surface area contributed by atoms with E-state index in [9.17, 15) is 0 Å². The summed E-state index contributed by atoms with van der Waals surface area (Å²) in [7, 11) is 4.08. The van der Waals surface area contributed by atoms with Crippen molar-refractivity contribution in [2.24, 2.45) is 0 Å². The Balaban J connectivity index is 1.79. The summed E-state index contributed by atoms with van der Waals surface area (Å²) >= 11 is 0. The van der Waals surface area contributed by atoms with Gasteiger partial charge in [0.1, 0.15) is 5.75 Å². The van der Waals surface area contributed by atoms with Gasteiger partial charge >= 0.3 is 0 Å². The highest BCUT2D eigenvalue weighted by Crippen LogP contribution is 2.40. The van der Waals surface area contributed by atoms with E-state index >= 15 is 0 Å². The molecule has 2 aliphatic rings. The van der Waals surface area contributed by atoms with Gasteiger partial charge in [0.25, 0.3) is 0 Å². The van der Waals surface area contributed by atoms with Crippen molar-refractivity contribution in [2.75, 3.05) is 20.7 Å². The number of ether oxygens (including phenoxy) is 1. The smallest absolute Gasteiger partial charge is 0.128 e. The van der Waals surface area contributed by atoms with Crippen molar-refractivity contribution < 1.29 is 4.74 Å². The van der Waals surface area contributed by atoms with Crippen LogP contribution in [0.3, 0.4) is 0 Å². The number of aromatic nitrogens is 1. The average molecular weight is 326 g/mol. The van der Waals surface area contributed by atoms with Crippen LogP contribution in [0.1, 0.15) is 62.1 Å². The van der Waals surface area contributed by atoms with Crippen molar-refractivity contribution in [3.63, 3.8) is 0 Å². The molecule has 0 unspecified atom stereocenters. The molecule has 0 spiro atoms. The highest BCUT2D eigenvalue weighted by atomic mass is 16.5. The van der Waals surface area contributed by atoms with E-state index in [1.165, 1.54) is 73.7 Å². The largest absolute Gasteiger partial charge is 0.496 e. The molecule has 0 amide bonds. The van der Waals surface area contributed by atoms with E-state index in [-0.39, 0.29) is 0 Å². The van der Waals surface area contributed by atoms with Gasteiger partial charge in [0.05, 0.1) is 7.11 Å². The Morgan fingerprint density at radius 3 is 2.67 bits per heavy atom. The molecule has 2 aromatic rings. The monoisotopic (exact) mass is 326 g/mol. The molecular formula is C21H30N2O. The van der Waals surface area contributed by atoms with Gasteiger partial charge in [-0.2, -0.15) is 0 Å². The van der Waals surface area contributed by atoms with Crippen molar-refractivity contribution in [3.8, 4) is 5.75 Å². The molecule has 1 atom stereocenters. The number of hydrogen-bond acceptors (Lipinski definition) is 2. The van der Waals surface area contributed by atoms with E-state index < -0.39 is 0 Å². The number of fused-ring (bicyclic) bond motifs is 1. The van der Waals surface area contributed by atoms with Crippen molar-refractivity contribution in [1.29, 1.82) is 0 Å². The Kier molecular flexibility index (Phi) is 4.53. The van der Waals surface area contributed by atoms with Crippen molar-refractivity contribution in [3.05, 3.63) is 29.5 Å². The quantitative estimate of drug-likeness (QED) is 0.869.